The van der Waals surface area contributed by atoms with E-state index in [1.54, 1.807) is 0 Å². The van der Waals surface area contributed by atoms with Crippen molar-refractivity contribution in [2.75, 3.05) is 37.3 Å². The highest BCUT2D eigenvalue weighted by atomic mass is 19.1. The van der Waals surface area contributed by atoms with Crippen molar-refractivity contribution in [3.05, 3.63) is 12.0 Å². The average molecular weight is 269 g/mol. The van der Waals surface area contributed by atoms with E-state index < -0.39 is 5.82 Å². The van der Waals surface area contributed by atoms with Crippen LogP contribution < -0.4 is 10.6 Å². The Bertz CT molecular complexity index is 385. The summed E-state index contributed by atoms with van der Waals surface area (Å²) < 4.78 is 13.5. The highest BCUT2D eigenvalue weighted by molar-refractivity contribution is 5.40. The summed E-state index contributed by atoms with van der Waals surface area (Å²) in [5.74, 6) is 0.276. The van der Waals surface area contributed by atoms with Crippen LogP contribution in [0.5, 0.6) is 0 Å². The van der Waals surface area contributed by atoms with E-state index >= 15 is 0 Å². The van der Waals surface area contributed by atoms with Crippen LogP contribution in [0, 0.1) is 5.82 Å². The van der Waals surface area contributed by atoms with E-state index in [0.717, 1.165) is 13.0 Å². The van der Waals surface area contributed by atoms with Gasteiger partial charge in [-0.25, -0.2) is 9.37 Å². The van der Waals surface area contributed by atoms with E-state index in [0.29, 0.717) is 25.1 Å². The summed E-state index contributed by atoms with van der Waals surface area (Å²) in [6.07, 6.45) is 2.29. The monoisotopic (exact) mass is 269 g/mol. The Morgan fingerprint density at radius 1 is 1.37 bits per heavy atom. The maximum Gasteiger partial charge on any atom is 0.224 e. The van der Waals surface area contributed by atoms with Crippen LogP contribution in [-0.4, -0.2) is 47.6 Å². The van der Waals surface area contributed by atoms with Gasteiger partial charge in [0.15, 0.2) is 11.6 Å². The molecule has 1 atom stereocenters. The molecule has 0 aromatic carbocycles. The minimum Gasteiger partial charge on any atom is -0.366 e. The predicted octanol–water partition coefficient (Wildman–Crippen LogP) is 2.19. The van der Waals surface area contributed by atoms with Crippen molar-refractivity contribution in [3.63, 3.8) is 0 Å². The molecule has 0 saturated heterocycles. The SMILES string of the molecule is CCNc1ncc(F)c(NCCN(C)C(C)CC)n1. The van der Waals surface area contributed by atoms with Crippen molar-refractivity contribution >= 4 is 11.8 Å². The zero-order valence-corrected chi connectivity index (χ0v) is 12.2. The quantitative estimate of drug-likeness (QED) is 0.757. The molecule has 0 bridgehead atoms. The molecular formula is C13H24FN5. The Morgan fingerprint density at radius 2 is 2.11 bits per heavy atom. The molecule has 0 spiro atoms. The second-order valence-corrected chi connectivity index (χ2v) is 4.59. The van der Waals surface area contributed by atoms with Crippen molar-refractivity contribution in [2.45, 2.75) is 33.2 Å². The Balaban J connectivity index is 2.50. The van der Waals surface area contributed by atoms with Crippen molar-refractivity contribution in [1.82, 2.24) is 14.9 Å². The van der Waals surface area contributed by atoms with Crippen molar-refractivity contribution in [2.24, 2.45) is 0 Å². The van der Waals surface area contributed by atoms with Crippen LogP contribution in [0.1, 0.15) is 27.2 Å². The molecule has 1 rings (SSSR count). The summed E-state index contributed by atoms with van der Waals surface area (Å²) in [6.45, 7) is 8.48. The molecule has 2 N–H and O–H groups in total. The Kier molecular flexibility index (Phi) is 6.49. The normalized spacial score (nSPS) is 12.5. The molecule has 0 aliphatic rings. The molecule has 1 unspecified atom stereocenters. The number of hydrogen-bond acceptors (Lipinski definition) is 5. The molecule has 0 fully saturated rings. The van der Waals surface area contributed by atoms with Gasteiger partial charge in [-0.1, -0.05) is 6.92 Å². The fourth-order valence-electron chi connectivity index (χ4n) is 1.62. The molecular weight excluding hydrogens is 245 g/mol. The summed E-state index contributed by atoms with van der Waals surface area (Å²) in [4.78, 5) is 10.2. The Morgan fingerprint density at radius 3 is 2.74 bits per heavy atom. The molecule has 0 amide bonds. The predicted molar refractivity (Wildman–Crippen MR) is 77.0 cm³/mol. The number of anilines is 2. The first kappa shape index (κ1) is 15.6. The van der Waals surface area contributed by atoms with Crippen molar-refractivity contribution in [1.29, 1.82) is 0 Å². The molecule has 1 heterocycles. The summed E-state index contributed by atoms with van der Waals surface area (Å²) in [7, 11) is 2.07. The summed E-state index contributed by atoms with van der Waals surface area (Å²) in [5, 5.41) is 5.98. The third kappa shape index (κ3) is 4.98. The van der Waals surface area contributed by atoms with Gasteiger partial charge in [-0.2, -0.15) is 4.98 Å². The first-order chi connectivity index (χ1) is 9.08. The van der Waals surface area contributed by atoms with Crippen LogP contribution >= 0.6 is 0 Å². The van der Waals surface area contributed by atoms with Crippen molar-refractivity contribution in [3.8, 4) is 0 Å². The fraction of sp³-hybridized carbons (Fsp3) is 0.692. The highest BCUT2D eigenvalue weighted by Crippen LogP contribution is 2.11. The lowest BCUT2D eigenvalue weighted by molar-refractivity contribution is 0.261. The lowest BCUT2D eigenvalue weighted by Gasteiger charge is -2.23. The van der Waals surface area contributed by atoms with Gasteiger partial charge in [0.25, 0.3) is 0 Å². The number of nitrogens with one attached hydrogen (secondary N) is 2. The molecule has 0 radical (unpaired) electrons. The zero-order chi connectivity index (χ0) is 14.3. The standard InChI is InChI=1S/C13H24FN5/c1-5-10(3)19(4)8-7-16-12-11(14)9-17-13(18-12)15-6-2/h9-10H,5-8H2,1-4H3,(H2,15,16,17,18). The molecule has 0 aliphatic carbocycles. The number of aromatic nitrogens is 2. The van der Waals surface area contributed by atoms with Gasteiger partial charge in [-0.05, 0) is 27.3 Å². The second-order valence-electron chi connectivity index (χ2n) is 4.59. The topological polar surface area (TPSA) is 53.1 Å². The first-order valence-electron chi connectivity index (χ1n) is 6.79. The highest BCUT2D eigenvalue weighted by Gasteiger charge is 2.08. The van der Waals surface area contributed by atoms with Gasteiger partial charge in [-0.3, -0.25) is 0 Å². The summed E-state index contributed by atoms with van der Waals surface area (Å²) >= 11 is 0. The number of likely N-dealkylation sites (N-methyl/N-ethyl adjacent to an activating group) is 1. The third-order valence-corrected chi connectivity index (χ3v) is 3.18. The molecule has 6 heteroatoms. The third-order valence-electron chi connectivity index (χ3n) is 3.18. The van der Waals surface area contributed by atoms with Crippen molar-refractivity contribution < 1.29 is 4.39 Å². The number of hydrogen-bond donors (Lipinski definition) is 2. The average Bonchev–Trinajstić information content (AvgIpc) is 2.41. The lowest BCUT2D eigenvalue weighted by atomic mass is 10.2. The van der Waals surface area contributed by atoms with Gasteiger partial charge in [0.05, 0.1) is 6.20 Å². The van der Waals surface area contributed by atoms with Crippen LogP contribution in [0.25, 0.3) is 0 Å². The van der Waals surface area contributed by atoms with Gasteiger partial charge >= 0.3 is 0 Å². The van der Waals surface area contributed by atoms with Gasteiger partial charge in [-0.15, -0.1) is 0 Å². The van der Waals surface area contributed by atoms with Gasteiger partial charge in [0, 0.05) is 25.7 Å². The van der Waals surface area contributed by atoms with Crippen LogP contribution in [-0.2, 0) is 0 Å². The molecule has 1 aromatic rings. The van der Waals surface area contributed by atoms with Crippen LogP contribution in [0.2, 0.25) is 0 Å². The first-order valence-corrected chi connectivity index (χ1v) is 6.79. The molecule has 5 nitrogen and oxygen atoms in total. The molecule has 1 aromatic heterocycles. The molecule has 0 aliphatic heterocycles. The summed E-state index contributed by atoms with van der Waals surface area (Å²) in [6, 6.07) is 0.523. The van der Waals surface area contributed by atoms with Crippen LogP contribution in [0.4, 0.5) is 16.2 Å². The fourth-order valence-corrected chi connectivity index (χ4v) is 1.62. The van der Waals surface area contributed by atoms with Crippen LogP contribution in [0.3, 0.4) is 0 Å². The molecule has 19 heavy (non-hydrogen) atoms. The van der Waals surface area contributed by atoms with E-state index in [2.05, 4.69) is 46.4 Å². The number of halogens is 1. The largest absolute Gasteiger partial charge is 0.366 e. The van der Waals surface area contributed by atoms with E-state index in [1.807, 2.05) is 6.92 Å². The van der Waals surface area contributed by atoms with E-state index in [-0.39, 0.29) is 5.82 Å². The number of nitrogens with zero attached hydrogens (tertiary/aromatic N) is 3. The zero-order valence-electron chi connectivity index (χ0n) is 12.2. The van der Waals surface area contributed by atoms with E-state index in [9.17, 15) is 4.39 Å². The minimum absolute atomic E-state index is 0.253. The van der Waals surface area contributed by atoms with Gasteiger partial charge in [0.2, 0.25) is 5.95 Å². The van der Waals surface area contributed by atoms with E-state index in [1.165, 1.54) is 6.20 Å². The van der Waals surface area contributed by atoms with Crippen LogP contribution in [0.15, 0.2) is 6.20 Å². The summed E-state index contributed by atoms with van der Waals surface area (Å²) in [5.41, 5.74) is 0. The Labute approximate surface area is 114 Å². The van der Waals surface area contributed by atoms with E-state index in [4.69, 9.17) is 0 Å². The Hall–Kier alpha value is -1.43. The smallest absolute Gasteiger partial charge is 0.224 e. The maximum atomic E-state index is 13.5. The second kappa shape index (κ2) is 7.89. The van der Waals surface area contributed by atoms with Gasteiger partial charge < -0.3 is 15.5 Å². The van der Waals surface area contributed by atoms with Gasteiger partial charge in [0.1, 0.15) is 0 Å². The number of rotatable bonds is 8. The minimum atomic E-state index is -0.423. The molecule has 108 valence electrons. The maximum absolute atomic E-state index is 13.5. The molecule has 0 saturated carbocycles. The lowest BCUT2D eigenvalue weighted by Crippen LogP contribution is -2.33.